The Bertz CT molecular complexity index is 890. The van der Waals surface area contributed by atoms with E-state index in [0.717, 1.165) is 34.4 Å². The lowest BCUT2D eigenvalue weighted by Crippen LogP contribution is -2.27. The normalized spacial score (nSPS) is 15.2. The van der Waals surface area contributed by atoms with Gasteiger partial charge in [0, 0.05) is 0 Å². The molecule has 1 heterocycles. The van der Waals surface area contributed by atoms with Crippen LogP contribution >= 0.6 is 11.8 Å². The Balaban J connectivity index is 1.54. The van der Waals surface area contributed by atoms with Crippen LogP contribution in [0, 0.1) is 0 Å². The molecule has 0 spiro atoms. The fourth-order valence-corrected chi connectivity index (χ4v) is 4.02. The number of imide groups is 1. The Labute approximate surface area is 181 Å². The molecule has 0 radical (unpaired) electrons. The molecule has 1 aliphatic heterocycles. The third kappa shape index (κ3) is 5.89. The third-order valence-corrected chi connectivity index (χ3v) is 5.72. The summed E-state index contributed by atoms with van der Waals surface area (Å²) in [5.74, 6) is 0.525. The first kappa shape index (κ1) is 22.0. The molecule has 1 saturated heterocycles. The summed E-state index contributed by atoms with van der Waals surface area (Å²) < 4.78 is 5.78. The Morgan fingerprint density at radius 3 is 2.30 bits per heavy atom. The van der Waals surface area contributed by atoms with Crippen LogP contribution in [-0.4, -0.2) is 22.9 Å². The number of hydrogen-bond acceptors (Lipinski definition) is 5. The van der Waals surface area contributed by atoms with Gasteiger partial charge in [-0.2, -0.15) is 0 Å². The van der Waals surface area contributed by atoms with E-state index >= 15 is 0 Å². The zero-order valence-corrected chi connectivity index (χ0v) is 18.0. The summed E-state index contributed by atoms with van der Waals surface area (Å²) in [6.45, 7) is 2.92. The lowest BCUT2D eigenvalue weighted by molar-refractivity contribution is -0.113. The van der Waals surface area contributed by atoms with Gasteiger partial charge in [0.1, 0.15) is 11.5 Å². The van der Waals surface area contributed by atoms with Gasteiger partial charge in [-0.05, 0) is 66.2 Å². The Kier molecular flexibility index (Phi) is 7.97. The largest absolute Gasteiger partial charge is 0.508 e. The second-order valence-corrected chi connectivity index (χ2v) is 8.21. The van der Waals surface area contributed by atoms with Crippen molar-refractivity contribution in [1.82, 2.24) is 0 Å². The van der Waals surface area contributed by atoms with E-state index in [4.69, 9.17) is 4.74 Å². The van der Waals surface area contributed by atoms with Crippen LogP contribution in [0.1, 0.15) is 51.0 Å². The maximum atomic E-state index is 12.7. The van der Waals surface area contributed by atoms with E-state index < -0.39 is 0 Å². The summed E-state index contributed by atoms with van der Waals surface area (Å²) in [5.41, 5.74) is 1.27. The molecule has 30 heavy (non-hydrogen) atoms. The zero-order valence-electron chi connectivity index (χ0n) is 17.2. The number of ether oxygens (including phenoxy) is 1. The summed E-state index contributed by atoms with van der Waals surface area (Å²) in [4.78, 5) is 26.5. The molecule has 0 atom stereocenters. The van der Waals surface area contributed by atoms with Crippen LogP contribution in [0.4, 0.5) is 10.5 Å². The molecule has 0 aliphatic carbocycles. The maximum absolute atomic E-state index is 12.7. The van der Waals surface area contributed by atoms with Crippen molar-refractivity contribution in [2.75, 3.05) is 11.5 Å². The standard InChI is InChI=1S/C24H27NO4S/c1-2-3-4-5-6-7-16-29-21-14-8-18(9-15-21)17-22-23(27)25(24(28)30-22)19-10-12-20(26)13-11-19/h8-15,17,26H,2-7,16H2,1H3/b22-17-. The van der Waals surface area contributed by atoms with Crippen LogP contribution in [0.5, 0.6) is 11.5 Å². The number of phenolic OH excluding ortho intramolecular Hbond substituents is 1. The van der Waals surface area contributed by atoms with Gasteiger partial charge in [0.25, 0.3) is 11.1 Å². The first-order valence-electron chi connectivity index (χ1n) is 10.4. The van der Waals surface area contributed by atoms with E-state index in [-0.39, 0.29) is 16.9 Å². The lowest BCUT2D eigenvalue weighted by Gasteiger charge is -2.12. The molecular weight excluding hydrogens is 398 g/mol. The quantitative estimate of drug-likeness (QED) is 0.354. The molecule has 0 saturated carbocycles. The minimum atomic E-state index is -0.362. The second-order valence-electron chi connectivity index (χ2n) is 7.22. The van der Waals surface area contributed by atoms with Crippen LogP contribution in [0.15, 0.2) is 53.4 Å². The molecular formula is C24H27NO4S. The summed E-state index contributed by atoms with van der Waals surface area (Å²) in [5, 5.41) is 9.05. The number of unbranched alkanes of at least 4 members (excludes halogenated alkanes) is 5. The van der Waals surface area contributed by atoms with Crippen molar-refractivity contribution >= 4 is 34.7 Å². The van der Waals surface area contributed by atoms with Crippen molar-refractivity contribution in [2.24, 2.45) is 0 Å². The summed E-state index contributed by atoms with van der Waals surface area (Å²) >= 11 is 0.909. The van der Waals surface area contributed by atoms with Gasteiger partial charge in [0.15, 0.2) is 0 Å². The van der Waals surface area contributed by atoms with Crippen LogP contribution < -0.4 is 9.64 Å². The first-order valence-corrected chi connectivity index (χ1v) is 11.2. The van der Waals surface area contributed by atoms with E-state index in [0.29, 0.717) is 17.2 Å². The SMILES string of the molecule is CCCCCCCCOc1ccc(/C=C2\SC(=O)N(c3ccc(O)cc3)C2=O)cc1. The van der Waals surface area contributed by atoms with Crippen molar-refractivity contribution < 1.29 is 19.4 Å². The van der Waals surface area contributed by atoms with Crippen LogP contribution in [-0.2, 0) is 4.79 Å². The highest BCUT2D eigenvalue weighted by atomic mass is 32.2. The number of carbonyl (C=O) groups excluding carboxylic acids is 2. The van der Waals surface area contributed by atoms with Gasteiger partial charge in [-0.3, -0.25) is 9.59 Å². The predicted molar refractivity (Wildman–Crippen MR) is 122 cm³/mol. The molecule has 3 rings (SSSR count). The van der Waals surface area contributed by atoms with Gasteiger partial charge in [0.2, 0.25) is 0 Å². The number of aromatic hydroxyl groups is 1. The van der Waals surface area contributed by atoms with E-state index in [9.17, 15) is 14.7 Å². The number of benzene rings is 2. The molecule has 1 fully saturated rings. The Morgan fingerprint density at radius 1 is 0.933 bits per heavy atom. The number of anilines is 1. The number of phenols is 1. The number of nitrogens with zero attached hydrogens (tertiary/aromatic N) is 1. The fourth-order valence-electron chi connectivity index (χ4n) is 3.18. The van der Waals surface area contributed by atoms with Gasteiger partial charge in [-0.1, -0.05) is 51.2 Å². The highest BCUT2D eigenvalue weighted by Gasteiger charge is 2.36. The number of rotatable bonds is 10. The number of thioether (sulfide) groups is 1. The first-order chi connectivity index (χ1) is 14.6. The molecule has 5 nitrogen and oxygen atoms in total. The number of amides is 2. The minimum Gasteiger partial charge on any atom is -0.508 e. The van der Waals surface area contributed by atoms with Crippen molar-refractivity contribution in [3.8, 4) is 11.5 Å². The summed E-state index contributed by atoms with van der Waals surface area (Å²) in [6, 6.07) is 13.5. The minimum absolute atomic E-state index is 0.0834. The van der Waals surface area contributed by atoms with Crippen molar-refractivity contribution in [3.63, 3.8) is 0 Å². The van der Waals surface area contributed by atoms with Crippen LogP contribution in [0.3, 0.4) is 0 Å². The monoisotopic (exact) mass is 425 g/mol. The van der Waals surface area contributed by atoms with Crippen molar-refractivity contribution in [1.29, 1.82) is 0 Å². The Morgan fingerprint density at radius 2 is 1.60 bits per heavy atom. The van der Waals surface area contributed by atoms with E-state index in [1.54, 1.807) is 18.2 Å². The van der Waals surface area contributed by atoms with Gasteiger partial charge < -0.3 is 9.84 Å². The zero-order chi connectivity index (χ0) is 21.3. The molecule has 0 unspecified atom stereocenters. The van der Waals surface area contributed by atoms with Gasteiger partial charge >= 0.3 is 0 Å². The number of carbonyl (C=O) groups is 2. The van der Waals surface area contributed by atoms with E-state index in [2.05, 4.69) is 6.92 Å². The molecule has 2 amide bonds. The van der Waals surface area contributed by atoms with Crippen LogP contribution in [0.2, 0.25) is 0 Å². The topological polar surface area (TPSA) is 66.8 Å². The molecule has 0 bridgehead atoms. The molecule has 2 aromatic rings. The average Bonchev–Trinajstić information content (AvgIpc) is 3.02. The molecule has 158 valence electrons. The Hall–Kier alpha value is -2.73. The average molecular weight is 426 g/mol. The summed E-state index contributed by atoms with van der Waals surface area (Å²) in [7, 11) is 0. The smallest absolute Gasteiger partial charge is 0.298 e. The van der Waals surface area contributed by atoms with Gasteiger partial charge in [-0.15, -0.1) is 0 Å². The second kappa shape index (κ2) is 10.9. The van der Waals surface area contributed by atoms with Gasteiger partial charge in [-0.25, -0.2) is 4.90 Å². The lowest BCUT2D eigenvalue weighted by atomic mass is 10.1. The van der Waals surface area contributed by atoms with Gasteiger partial charge in [0.05, 0.1) is 17.2 Å². The molecule has 1 N–H and O–H groups in total. The number of hydrogen-bond donors (Lipinski definition) is 1. The summed E-state index contributed by atoms with van der Waals surface area (Å²) in [6.07, 6.45) is 9.06. The highest BCUT2D eigenvalue weighted by molar-refractivity contribution is 8.19. The van der Waals surface area contributed by atoms with Crippen molar-refractivity contribution in [2.45, 2.75) is 45.4 Å². The van der Waals surface area contributed by atoms with Crippen molar-refractivity contribution in [3.05, 3.63) is 59.0 Å². The molecule has 6 heteroatoms. The van der Waals surface area contributed by atoms with Crippen LogP contribution in [0.25, 0.3) is 6.08 Å². The maximum Gasteiger partial charge on any atom is 0.298 e. The molecule has 2 aromatic carbocycles. The molecule has 0 aromatic heterocycles. The van der Waals surface area contributed by atoms with E-state index in [1.165, 1.54) is 44.2 Å². The third-order valence-electron chi connectivity index (χ3n) is 4.85. The fraction of sp³-hybridized carbons (Fsp3) is 0.333. The highest BCUT2D eigenvalue weighted by Crippen LogP contribution is 2.36. The predicted octanol–water partition coefficient (Wildman–Crippen LogP) is 6.37. The molecule has 1 aliphatic rings. The van der Waals surface area contributed by atoms with E-state index in [1.807, 2.05) is 24.3 Å².